The van der Waals surface area contributed by atoms with Gasteiger partial charge in [0, 0.05) is 26.4 Å². The van der Waals surface area contributed by atoms with Gasteiger partial charge in [-0.3, -0.25) is 9.78 Å². The summed E-state index contributed by atoms with van der Waals surface area (Å²) in [6, 6.07) is 1.03. The molecule has 0 saturated heterocycles. The van der Waals surface area contributed by atoms with Crippen LogP contribution < -0.4 is 10.6 Å². The van der Waals surface area contributed by atoms with Gasteiger partial charge in [-0.15, -0.1) is 0 Å². The average Bonchev–Trinajstić information content (AvgIpc) is 2.36. The first-order chi connectivity index (χ1) is 8.63. The smallest absolute Gasteiger partial charge is 0.236 e. The molecule has 6 heteroatoms. The lowest BCUT2D eigenvalue weighted by Crippen LogP contribution is -2.42. The average molecular weight is 255 g/mol. The van der Waals surface area contributed by atoms with Crippen LogP contribution in [-0.2, 0) is 16.1 Å². The van der Waals surface area contributed by atoms with Crippen LogP contribution in [0.3, 0.4) is 0 Å². The fraction of sp³-hybridized carbons (Fsp3) is 0.500. The predicted octanol–water partition coefficient (Wildman–Crippen LogP) is 0.461. The highest BCUT2D eigenvalue weighted by molar-refractivity contribution is 5.81. The summed E-state index contributed by atoms with van der Waals surface area (Å²) in [6.45, 7) is 3.09. The molecule has 1 amide bonds. The third-order valence-corrected chi connectivity index (χ3v) is 2.37. The lowest BCUT2D eigenvalue weighted by molar-refractivity contribution is -0.122. The second-order valence-electron chi connectivity index (χ2n) is 3.90. The molecule has 0 bridgehead atoms. The molecule has 0 aliphatic rings. The molecule has 5 nitrogen and oxygen atoms in total. The van der Waals surface area contributed by atoms with Gasteiger partial charge in [0.2, 0.25) is 5.91 Å². The van der Waals surface area contributed by atoms with Crippen molar-refractivity contribution in [3.63, 3.8) is 0 Å². The minimum absolute atomic E-state index is 0.114. The van der Waals surface area contributed by atoms with Crippen molar-refractivity contribution in [2.45, 2.75) is 19.5 Å². The van der Waals surface area contributed by atoms with Gasteiger partial charge >= 0.3 is 0 Å². The van der Waals surface area contributed by atoms with Crippen LogP contribution in [0, 0.1) is 5.82 Å². The van der Waals surface area contributed by atoms with Crippen molar-refractivity contribution < 1.29 is 13.9 Å². The molecule has 1 aromatic rings. The zero-order chi connectivity index (χ0) is 13.4. The third kappa shape index (κ3) is 5.20. The van der Waals surface area contributed by atoms with Gasteiger partial charge in [0.05, 0.1) is 18.8 Å². The van der Waals surface area contributed by atoms with E-state index >= 15 is 0 Å². The molecule has 1 aromatic heterocycles. The van der Waals surface area contributed by atoms with E-state index in [2.05, 4.69) is 15.6 Å². The first-order valence-electron chi connectivity index (χ1n) is 5.73. The van der Waals surface area contributed by atoms with Crippen molar-refractivity contribution in [3.8, 4) is 0 Å². The summed E-state index contributed by atoms with van der Waals surface area (Å²) >= 11 is 0. The molecule has 0 radical (unpaired) electrons. The Morgan fingerprint density at radius 1 is 1.56 bits per heavy atom. The quantitative estimate of drug-likeness (QED) is 0.695. The van der Waals surface area contributed by atoms with Crippen LogP contribution in [0.15, 0.2) is 18.5 Å². The van der Waals surface area contributed by atoms with Gasteiger partial charge in [0.1, 0.15) is 5.82 Å². The summed E-state index contributed by atoms with van der Waals surface area (Å²) in [5, 5.41) is 5.71. The highest BCUT2D eigenvalue weighted by Crippen LogP contribution is 2.00. The Bertz CT molecular complexity index is 387. The van der Waals surface area contributed by atoms with Crippen LogP contribution >= 0.6 is 0 Å². The van der Waals surface area contributed by atoms with E-state index in [9.17, 15) is 9.18 Å². The van der Waals surface area contributed by atoms with Crippen LogP contribution in [0.5, 0.6) is 0 Å². The minimum Gasteiger partial charge on any atom is -0.383 e. The number of hydrogen-bond donors (Lipinski definition) is 2. The number of nitrogens with one attached hydrogen (secondary N) is 2. The van der Waals surface area contributed by atoms with E-state index in [1.807, 2.05) is 0 Å². The molecule has 18 heavy (non-hydrogen) atoms. The molecule has 0 aliphatic carbocycles. The molecule has 2 N–H and O–H groups in total. The lowest BCUT2D eigenvalue weighted by atomic mass is 10.2. The van der Waals surface area contributed by atoms with Crippen molar-refractivity contribution in [2.24, 2.45) is 0 Å². The Labute approximate surface area is 106 Å². The first kappa shape index (κ1) is 14.5. The summed E-state index contributed by atoms with van der Waals surface area (Å²) in [6.07, 6.45) is 2.70. The zero-order valence-electron chi connectivity index (χ0n) is 10.6. The normalized spacial score (nSPS) is 12.2. The minimum atomic E-state index is -0.383. The number of ether oxygens (including phenoxy) is 1. The van der Waals surface area contributed by atoms with Crippen LogP contribution in [-0.4, -0.2) is 37.2 Å². The van der Waals surface area contributed by atoms with E-state index in [0.29, 0.717) is 25.3 Å². The Hall–Kier alpha value is -1.53. The summed E-state index contributed by atoms with van der Waals surface area (Å²) in [5.41, 5.74) is 0.701. The Morgan fingerprint density at radius 2 is 2.33 bits per heavy atom. The Kier molecular flexibility index (Phi) is 6.24. The SMILES string of the molecule is COCCNC(=O)C(C)NCc1cncc(F)c1. The van der Waals surface area contributed by atoms with Gasteiger partial charge in [-0.25, -0.2) is 4.39 Å². The second kappa shape index (κ2) is 7.73. The van der Waals surface area contributed by atoms with Crippen LogP contribution in [0.1, 0.15) is 12.5 Å². The van der Waals surface area contributed by atoms with Crippen molar-refractivity contribution >= 4 is 5.91 Å². The Morgan fingerprint density at radius 3 is 3.00 bits per heavy atom. The number of hydrogen-bond acceptors (Lipinski definition) is 4. The largest absolute Gasteiger partial charge is 0.383 e. The summed E-state index contributed by atoms with van der Waals surface area (Å²) in [4.78, 5) is 15.3. The first-order valence-corrected chi connectivity index (χ1v) is 5.73. The number of carbonyl (C=O) groups excluding carboxylic acids is 1. The number of carbonyl (C=O) groups is 1. The maximum atomic E-state index is 12.9. The van der Waals surface area contributed by atoms with Gasteiger partial charge in [-0.2, -0.15) is 0 Å². The van der Waals surface area contributed by atoms with E-state index < -0.39 is 0 Å². The standard InChI is InChI=1S/C12H18FN3O2/c1-9(12(17)15-3-4-18-2)16-7-10-5-11(13)8-14-6-10/h5-6,8-9,16H,3-4,7H2,1-2H3,(H,15,17). The topological polar surface area (TPSA) is 63.2 Å². The maximum Gasteiger partial charge on any atom is 0.236 e. The molecule has 0 spiro atoms. The van der Waals surface area contributed by atoms with Crippen LogP contribution in [0.2, 0.25) is 0 Å². The fourth-order valence-electron chi connectivity index (χ4n) is 1.35. The van der Waals surface area contributed by atoms with Gasteiger partial charge in [-0.1, -0.05) is 0 Å². The number of pyridine rings is 1. The summed E-state index contributed by atoms with van der Waals surface area (Å²) in [5.74, 6) is -0.497. The van der Waals surface area contributed by atoms with E-state index in [0.717, 1.165) is 6.20 Å². The van der Waals surface area contributed by atoms with Crippen molar-refractivity contribution in [3.05, 3.63) is 29.8 Å². The number of nitrogens with zero attached hydrogens (tertiary/aromatic N) is 1. The Balaban J connectivity index is 2.32. The number of aromatic nitrogens is 1. The van der Waals surface area contributed by atoms with Crippen LogP contribution in [0.4, 0.5) is 4.39 Å². The molecule has 1 heterocycles. The molecule has 1 atom stereocenters. The van der Waals surface area contributed by atoms with Crippen molar-refractivity contribution in [2.75, 3.05) is 20.3 Å². The molecule has 0 aromatic carbocycles. The number of methoxy groups -OCH3 is 1. The fourth-order valence-corrected chi connectivity index (χ4v) is 1.35. The van der Waals surface area contributed by atoms with Crippen molar-refractivity contribution in [1.29, 1.82) is 0 Å². The summed E-state index contributed by atoms with van der Waals surface area (Å²) < 4.78 is 17.7. The van der Waals surface area contributed by atoms with E-state index in [-0.39, 0.29) is 17.8 Å². The number of amides is 1. The summed E-state index contributed by atoms with van der Waals surface area (Å²) in [7, 11) is 1.57. The molecule has 1 rings (SSSR count). The molecule has 0 saturated carbocycles. The van der Waals surface area contributed by atoms with Gasteiger partial charge in [-0.05, 0) is 18.6 Å². The predicted molar refractivity (Wildman–Crippen MR) is 65.4 cm³/mol. The monoisotopic (exact) mass is 255 g/mol. The van der Waals surface area contributed by atoms with Gasteiger partial charge in [0.25, 0.3) is 0 Å². The van der Waals surface area contributed by atoms with E-state index in [1.165, 1.54) is 6.07 Å². The molecular weight excluding hydrogens is 237 g/mol. The lowest BCUT2D eigenvalue weighted by Gasteiger charge is -2.13. The van der Waals surface area contributed by atoms with E-state index in [1.54, 1.807) is 20.2 Å². The van der Waals surface area contributed by atoms with Crippen molar-refractivity contribution in [1.82, 2.24) is 15.6 Å². The third-order valence-electron chi connectivity index (χ3n) is 2.37. The molecule has 1 unspecified atom stereocenters. The molecular formula is C12H18FN3O2. The van der Waals surface area contributed by atoms with Crippen LogP contribution in [0.25, 0.3) is 0 Å². The zero-order valence-corrected chi connectivity index (χ0v) is 10.6. The highest BCUT2D eigenvalue weighted by Gasteiger charge is 2.11. The maximum absolute atomic E-state index is 12.9. The second-order valence-corrected chi connectivity index (χ2v) is 3.90. The number of rotatable bonds is 7. The number of halogens is 1. The van der Waals surface area contributed by atoms with Gasteiger partial charge < -0.3 is 15.4 Å². The van der Waals surface area contributed by atoms with E-state index in [4.69, 9.17) is 4.74 Å². The van der Waals surface area contributed by atoms with Gasteiger partial charge in [0.15, 0.2) is 0 Å². The highest BCUT2D eigenvalue weighted by atomic mass is 19.1. The molecule has 100 valence electrons. The molecule has 0 aliphatic heterocycles. The molecule has 0 fully saturated rings.